The second-order valence-electron chi connectivity index (χ2n) is 4.78. The van der Waals surface area contributed by atoms with Crippen molar-refractivity contribution in [1.82, 2.24) is 5.32 Å². The lowest BCUT2D eigenvalue weighted by Crippen LogP contribution is -2.44. The van der Waals surface area contributed by atoms with E-state index in [4.69, 9.17) is 12.2 Å². The predicted molar refractivity (Wildman–Crippen MR) is 85.8 cm³/mol. The summed E-state index contributed by atoms with van der Waals surface area (Å²) in [5.74, 6) is 1.30. The zero-order valence-corrected chi connectivity index (χ0v) is 12.0. The zero-order chi connectivity index (χ0) is 15.9. The van der Waals surface area contributed by atoms with Gasteiger partial charge in [-0.1, -0.05) is 42.5 Å². The summed E-state index contributed by atoms with van der Waals surface area (Å²) in [6, 6.07) is 16.1. The molecule has 0 heterocycles. The summed E-state index contributed by atoms with van der Waals surface area (Å²) in [6.07, 6.45) is 5.23. The third-order valence-corrected chi connectivity index (χ3v) is 3.22. The van der Waals surface area contributed by atoms with Crippen LogP contribution in [0.25, 0.3) is 11.1 Å². The van der Waals surface area contributed by atoms with Crippen molar-refractivity contribution in [3.63, 3.8) is 0 Å². The van der Waals surface area contributed by atoms with Gasteiger partial charge >= 0.3 is 0 Å². The van der Waals surface area contributed by atoms with E-state index < -0.39 is 11.9 Å². The minimum Gasteiger partial charge on any atom is -0.368 e. The molecular weight excluding hydrogens is 276 g/mol. The molecule has 2 aromatic rings. The number of nitrogens with one attached hydrogen (secondary N) is 1. The van der Waals surface area contributed by atoms with Crippen LogP contribution in [0.4, 0.5) is 0 Å². The van der Waals surface area contributed by atoms with E-state index in [1.807, 2.05) is 42.5 Å². The minimum atomic E-state index is -0.855. The van der Waals surface area contributed by atoms with Crippen LogP contribution in [-0.2, 0) is 4.79 Å². The number of rotatable bonds is 5. The SMILES string of the molecule is C#CC[C@@H](NC(=O)c1ccc(-c2ccccc2)cc1)C(N)=O. The van der Waals surface area contributed by atoms with Gasteiger partial charge in [0.2, 0.25) is 5.91 Å². The van der Waals surface area contributed by atoms with Crippen LogP contribution in [0.15, 0.2) is 54.6 Å². The summed E-state index contributed by atoms with van der Waals surface area (Å²) < 4.78 is 0. The molecule has 0 saturated heterocycles. The Bertz CT molecular complexity index is 700. The maximum Gasteiger partial charge on any atom is 0.251 e. The summed E-state index contributed by atoms with van der Waals surface area (Å²) in [7, 11) is 0. The van der Waals surface area contributed by atoms with Gasteiger partial charge in [0.15, 0.2) is 0 Å². The number of amides is 2. The summed E-state index contributed by atoms with van der Waals surface area (Å²) in [5, 5.41) is 2.54. The molecule has 3 N–H and O–H groups in total. The Morgan fingerprint density at radius 2 is 1.64 bits per heavy atom. The molecule has 0 radical (unpaired) electrons. The van der Waals surface area contributed by atoms with Crippen LogP contribution < -0.4 is 11.1 Å². The molecule has 0 aliphatic rings. The van der Waals surface area contributed by atoms with Crippen LogP contribution >= 0.6 is 0 Å². The molecule has 2 rings (SSSR count). The average molecular weight is 292 g/mol. The van der Waals surface area contributed by atoms with E-state index in [1.54, 1.807) is 12.1 Å². The lowest BCUT2D eigenvalue weighted by Gasteiger charge is -2.13. The van der Waals surface area contributed by atoms with Gasteiger partial charge in [-0.15, -0.1) is 12.3 Å². The molecule has 110 valence electrons. The number of hydrogen-bond donors (Lipinski definition) is 2. The molecule has 2 amide bonds. The molecular formula is C18H16N2O2. The lowest BCUT2D eigenvalue weighted by molar-refractivity contribution is -0.119. The first-order valence-corrected chi connectivity index (χ1v) is 6.81. The van der Waals surface area contributed by atoms with E-state index in [2.05, 4.69) is 11.2 Å². The zero-order valence-electron chi connectivity index (χ0n) is 12.0. The normalized spacial score (nSPS) is 11.2. The molecule has 0 bridgehead atoms. The largest absolute Gasteiger partial charge is 0.368 e. The molecule has 0 aliphatic carbocycles. The number of nitrogens with two attached hydrogens (primary N) is 1. The molecule has 0 fully saturated rings. The fourth-order valence-corrected chi connectivity index (χ4v) is 2.03. The Hall–Kier alpha value is -3.06. The van der Waals surface area contributed by atoms with Gasteiger partial charge < -0.3 is 11.1 Å². The van der Waals surface area contributed by atoms with Crippen molar-refractivity contribution in [3.8, 4) is 23.5 Å². The third kappa shape index (κ3) is 3.74. The quantitative estimate of drug-likeness (QED) is 0.827. The highest BCUT2D eigenvalue weighted by Crippen LogP contribution is 2.19. The van der Waals surface area contributed by atoms with Crippen LogP contribution in [0.5, 0.6) is 0 Å². The predicted octanol–water partition coefficient (Wildman–Crippen LogP) is 1.96. The average Bonchev–Trinajstić information content (AvgIpc) is 2.55. The fraction of sp³-hybridized carbons (Fsp3) is 0.111. The third-order valence-electron chi connectivity index (χ3n) is 3.22. The standard InChI is InChI=1S/C18H16N2O2/c1-2-6-16(17(19)21)20-18(22)15-11-9-14(10-12-15)13-7-4-3-5-8-13/h1,3-5,7-12,16H,6H2,(H2,19,21)(H,20,22)/t16-/m1/s1. The Labute approximate surface area is 129 Å². The number of primary amides is 1. The minimum absolute atomic E-state index is 0.0726. The Kier molecular flexibility index (Phi) is 4.94. The Morgan fingerprint density at radius 3 is 2.18 bits per heavy atom. The summed E-state index contributed by atoms with van der Waals surface area (Å²) in [4.78, 5) is 23.3. The van der Waals surface area contributed by atoms with E-state index >= 15 is 0 Å². The van der Waals surface area contributed by atoms with Gasteiger partial charge in [0.25, 0.3) is 5.91 Å². The van der Waals surface area contributed by atoms with Gasteiger partial charge in [-0.25, -0.2) is 0 Å². The van der Waals surface area contributed by atoms with Crippen molar-refractivity contribution in [2.24, 2.45) is 5.73 Å². The number of hydrogen-bond acceptors (Lipinski definition) is 2. The van der Waals surface area contributed by atoms with Crippen molar-refractivity contribution in [1.29, 1.82) is 0 Å². The van der Waals surface area contributed by atoms with E-state index in [0.29, 0.717) is 5.56 Å². The maximum atomic E-state index is 12.1. The van der Waals surface area contributed by atoms with Crippen LogP contribution in [0, 0.1) is 12.3 Å². The van der Waals surface area contributed by atoms with Crippen molar-refractivity contribution in [2.75, 3.05) is 0 Å². The van der Waals surface area contributed by atoms with Gasteiger partial charge in [0.1, 0.15) is 6.04 Å². The Balaban J connectivity index is 2.12. The van der Waals surface area contributed by atoms with E-state index in [1.165, 1.54) is 0 Å². The molecule has 1 atom stereocenters. The highest BCUT2D eigenvalue weighted by atomic mass is 16.2. The molecule has 0 spiro atoms. The van der Waals surface area contributed by atoms with E-state index in [-0.39, 0.29) is 12.3 Å². The van der Waals surface area contributed by atoms with Crippen molar-refractivity contribution in [3.05, 3.63) is 60.2 Å². The van der Waals surface area contributed by atoms with E-state index in [0.717, 1.165) is 11.1 Å². The van der Waals surface area contributed by atoms with Gasteiger partial charge in [0, 0.05) is 12.0 Å². The number of benzene rings is 2. The Morgan fingerprint density at radius 1 is 1.05 bits per heavy atom. The molecule has 4 nitrogen and oxygen atoms in total. The van der Waals surface area contributed by atoms with Crippen LogP contribution in [0.1, 0.15) is 16.8 Å². The molecule has 22 heavy (non-hydrogen) atoms. The summed E-state index contributed by atoms with van der Waals surface area (Å²) >= 11 is 0. The first-order chi connectivity index (χ1) is 10.6. The smallest absolute Gasteiger partial charge is 0.251 e. The molecule has 2 aromatic carbocycles. The number of terminal acetylenes is 1. The van der Waals surface area contributed by atoms with Crippen molar-refractivity contribution >= 4 is 11.8 Å². The molecule has 4 heteroatoms. The summed E-state index contributed by atoms with van der Waals surface area (Å²) in [5.41, 5.74) is 7.72. The second-order valence-corrected chi connectivity index (χ2v) is 4.78. The number of carbonyl (C=O) groups is 2. The van der Waals surface area contributed by atoms with Gasteiger partial charge in [0.05, 0.1) is 0 Å². The van der Waals surface area contributed by atoms with Gasteiger partial charge in [-0.3, -0.25) is 9.59 Å². The van der Waals surface area contributed by atoms with Crippen molar-refractivity contribution < 1.29 is 9.59 Å². The topological polar surface area (TPSA) is 72.2 Å². The number of carbonyl (C=O) groups excluding carboxylic acids is 2. The van der Waals surface area contributed by atoms with Crippen molar-refractivity contribution in [2.45, 2.75) is 12.5 Å². The monoisotopic (exact) mass is 292 g/mol. The van der Waals surface area contributed by atoms with Gasteiger partial charge in [-0.05, 0) is 23.3 Å². The van der Waals surface area contributed by atoms with E-state index in [9.17, 15) is 9.59 Å². The first kappa shape index (κ1) is 15.3. The van der Waals surface area contributed by atoms with Crippen LogP contribution in [0.3, 0.4) is 0 Å². The second kappa shape index (κ2) is 7.09. The maximum absolute atomic E-state index is 12.1. The fourth-order valence-electron chi connectivity index (χ4n) is 2.03. The highest BCUT2D eigenvalue weighted by Gasteiger charge is 2.17. The van der Waals surface area contributed by atoms with Gasteiger partial charge in [-0.2, -0.15) is 0 Å². The van der Waals surface area contributed by atoms with Crippen LogP contribution in [-0.4, -0.2) is 17.9 Å². The lowest BCUT2D eigenvalue weighted by atomic mass is 10.0. The summed E-state index contributed by atoms with van der Waals surface area (Å²) in [6.45, 7) is 0. The molecule has 0 unspecified atom stereocenters. The molecule has 0 aliphatic heterocycles. The highest BCUT2D eigenvalue weighted by molar-refractivity contribution is 5.97. The molecule has 0 saturated carbocycles. The molecule has 0 aromatic heterocycles. The van der Waals surface area contributed by atoms with Crippen LogP contribution in [0.2, 0.25) is 0 Å². The first-order valence-electron chi connectivity index (χ1n) is 6.81.